The third-order valence-electron chi connectivity index (χ3n) is 4.30. The van der Waals surface area contributed by atoms with E-state index in [9.17, 15) is 13.2 Å². The predicted octanol–water partition coefficient (Wildman–Crippen LogP) is 4.10. The summed E-state index contributed by atoms with van der Waals surface area (Å²) < 4.78 is 33.0. The lowest BCUT2D eigenvalue weighted by atomic mass is 10.1. The largest absolute Gasteiger partial charge is 0.494 e. The molecular weight excluding hydrogens is 428 g/mol. The maximum Gasteiger partial charge on any atom is 0.263 e. The molecule has 2 N–H and O–H groups in total. The van der Waals surface area contributed by atoms with Crippen molar-refractivity contribution in [1.29, 1.82) is 0 Å². The zero-order valence-corrected chi connectivity index (χ0v) is 18.8. The van der Waals surface area contributed by atoms with Crippen LogP contribution < -0.4 is 14.8 Å². The second-order valence-electron chi connectivity index (χ2n) is 6.87. The SMILES string of the molecule is CCOc1ccc(C(=O)/C=C\Nc2ccc(S(=O)(=O)Nc3cc(C)nc(C)n3)cc2)cc1. The average molecular weight is 453 g/mol. The summed E-state index contributed by atoms with van der Waals surface area (Å²) in [5, 5.41) is 2.96. The van der Waals surface area contributed by atoms with E-state index in [-0.39, 0.29) is 16.5 Å². The summed E-state index contributed by atoms with van der Waals surface area (Å²) in [6.07, 6.45) is 2.91. The van der Waals surface area contributed by atoms with E-state index >= 15 is 0 Å². The molecular formula is C23H24N4O4S. The third kappa shape index (κ3) is 6.14. The van der Waals surface area contributed by atoms with Gasteiger partial charge in [0.15, 0.2) is 5.78 Å². The number of allylic oxidation sites excluding steroid dienone is 1. The van der Waals surface area contributed by atoms with Crippen molar-refractivity contribution in [3.05, 3.63) is 84.0 Å². The Bertz CT molecular complexity index is 1200. The fraction of sp³-hybridized carbons (Fsp3) is 0.174. The molecule has 0 aliphatic rings. The van der Waals surface area contributed by atoms with Crippen LogP contribution in [0.25, 0.3) is 0 Å². The second-order valence-corrected chi connectivity index (χ2v) is 8.55. The number of aromatic nitrogens is 2. The third-order valence-corrected chi connectivity index (χ3v) is 5.67. The Morgan fingerprint density at radius 3 is 2.34 bits per heavy atom. The molecule has 0 saturated heterocycles. The van der Waals surface area contributed by atoms with Crippen molar-refractivity contribution in [3.63, 3.8) is 0 Å². The maximum atomic E-state index is 12.6. The van der Waals surface area contributed by atoms with Gasteiger partial charge in [0.1, 0.15) is 17.4 Å². The number of nitrogens with zero attached hydrogens (tertiary/aromatic N) is 2. The van der Waals surface area contributed by atoms with Gasteiger partial charge in [0.2, 0.25) is 0 Å². The minimum Gasteiger partial charge on any atom is -0.494 e. The zero-order valence-electron chi connectivity index (χ0n) is 18.0. The predicted molar refractivity (Wildman–Crippen MR) is 123 cm³/mol. The van der Waals surface area contributed by atoms with Crippen LogP contribution in [-0.4, -0.2) is 30.8 Å². The number of sulfonamides is 1. The molecule has 32 heavy (non-hydrogen) atoms. The zero-order chi connectivity index (χ0) is 23.1. The summed E-state index contributed by atoms with van der Waals surface area (Å²) >= 11 is 0. The molecule has 3 aromatic rings. The first-order valence-electron chi connectivity index (χ1n) is 9.92. The number of anilines is 2. The molecule has 166 valence electrons. The fourth-order valence-corrected chi connectivity index (χ4v) is 3.88. The fourth-order valence-electron chi connectivity index (χ4n) is 2.89. The Morgan fingerprint density at radius 1 is 1.03 bits per heavy atom. The van der Waals surface area contributed by atoms with Crippen molar-refractivity contribution in [2.24, 2.45) is 0 Å². The van der Waals surface area contributed by atoms with Crippen LogP contribution in [0.3, 0.4) is 0 Å². The van der Waals surface area contributed by atoms with Gasteiger partial charge in [-0.15, -0.1) is 0 Å². The highest BCUT2D eigenvalue weighted by molar-refractivity contribution is 7.92. The Hall–Kier alpha value is -3.72. The molecule has 0 amide bonds. The van der Waals surface area contributed by atoms with Crippen molar-refractivity contribution >= 4 is 27.3 Å². The van der Waals surface area contributed by atoms with Crippen molar-refractivity contribution in [3.8, 4) is 5.75 Å². The molecule has 0 radical (unpaired) electrons. The van der Waals surface area contributed by atoms with E-state index in [1.807, 2.05) is 6.92 Å². The van der Waals surface area contributed by atoms with Gasteiger partial charge >= 0.3 is 0 Å². The lowest BCUT2D eigenvalue weighted by molar-refractivity contribution is 0.104. The van der Waals surface area contributed by atoms with E-state index in [0.29, 0.717) is 35.1 Å². The van der Waals surface area contributed by atoms with Gasteiger partial charge in [-0.05, 0) is 69.3 Å². The number of nitrogens with one attached hydrogen (secondary N) is 2. The maximum absolute atomic E-state index is 12.6. The Labute approximate surface area is 187 Å². The summed E-state index contributed by atoms with van der Waals surface area (Å²) in [5.74, 6) is 1.24. The number of benzene rings is 2. The van der Waals surface area contributed by atoms with E-state index < -0.39 is 10.0 Å². The van der Waals surface area contributed by atoms with Gasteiger partial charge in [0.25, 0.3) is 10.0 Å². The first-order chi connectivity index (χ1) is 15.3. The van der Waals surface area contributed by atoms with Gasteiger partial charge in [-0.25, -0.2) is 18.4 Å². The normalized spacial score (nSPS) is 11.3. The van der Waals surface area contributed by atoms with Crippen LogP contribution in [0.1, 0.15) is 28.8 Å². The van der Waals surface area contributed by atoms with Gasteiger partial charge < -0.3 is 10.1 Å². The molecule has 9 heteroatoms. The van der Waals surface area contributed by atoms with Gasteiger partial charge in [-0.2, -0.15) is 0 Å². The van der Waals surface area contributed by atoms with E-state index in [2.05, 4.69) is 20.0 Å². The highest BCUT2D eigenvalue weighted by Gasteiger charge is 2.15. The number of hydrogen-bond donors (Lipinski definition) is 2. The van der Waals surface area contributed by atoms with Gasteiger partial charge in [0, 0.05) is 35.3 Å². The molecule has 2 aromatic carbocycles. The number of hydrogen-bond acceptors (Lipinski definition) is 7. The van der Waals surface area contributed by atoms with Gasteiger partial charge in [-0.3, -0.25) is 9.52 Å². The molecule has 1 aromatic heterocycles. The summed E-state index contributed by atoms with van der Waals surface area (Å²) in [6, 6.07) is 14.6. The van der Waals surface area contributed by atoms with Crippen molar-refractivity contribution in [1.82, 2.24) is 9.97 Å². The van der Waals surface area contributed by atoms with Crippen LogP contribution in [0, 0.1) is 13.8 Å². The molecule has 3 rings (SSSR count). The summed E-state index contributed by atoms with van der Waals surface area (Å²) in [4.78, 5) is 20.6. The van der Waals surface area contributed by atoms with Crippen LogP contribution >= 0.6 is 0 Å². The van der Waals surface area contributed by atoms with Crippen LogP contribution in [0.4, 0.5) is 11.5 Å². The molecule has 0 bridgehead atoms. The Morgan fingerprint density at radius 2 is 1.72 bits per heavy atom. The van der Waals surface area contributed by atoms with Crippen LogP contribution in [0.2, 0.25) is 0 Å². The molecule has 1 heterocycles. The highest BCUT2D eigenvalue weighted by Crippen LogP contribution is 2.18. The molecule has 0 atom stereocenters. The highest BCUT2D eigenvalue weighted by atomic mass is 32.2. The summed E-state index contributed by atoms with van der Waals surface area (Å²) in [7, 11) is -3.79. The first kappa shape index (κ1) is 23.0. The lowest BCUT2D eigenvalue weighted by Crippen LogP contribution is -2.14. The average Bonchev–Trinajstić information content (AvgIpc) is 2.74. The van der Waals surface area contributed by atoms with Crippen LogP contribution in [0.5, 0.6) is 5.75 Å². The quantitative estimate of drug-likeness (QED) is 0.371. The molecule has 8 nitrogen and oxygen atoms in total. The molecule has 0 aliphatic carbocycles. The number of carbonyl (C=O) groups excluding carboxylic acids is 1. The molecule has 0 unspecified atom stereocenters. The number of carbonyl (C=O) groups is 1. The van der Waals surface area contributed by atoms with Crippen molar-refractivity contribution in [2.45, 2.75) is 25.7 Å². The van der Waals surface area contributed by atoms with E-state index in [1.165, 1.54) is 24.4 Å². The molecule has 0 fully saturated rings. The topological polar surface area (TPSA) is 110 Å². The minimum absolute atomic E-state index is 0.0893. The smallest absolute Gasteiger partial charge is 0.263 e. The first-order valence-corrected chi connectivity index (χ1v) is 11.4. The number of rotatable bonds is 9. The summed E-state index contributed by atoms with van der Waals surface area (Å²) in [5.41, 5.74) is 1.84. The standard InChI is InChI=1S/C23H24N4O4S/c1-4-31-20-9-5-18(6-10-20)22(28)13-14-24-19-7-11-21(12-8-19)32(29,30)27-23-15-16(2)25-17(3)26-23/h5-15,24H,4H2,1-3H3,(H,25,26,27)/b14-13-. The number of ketones is 1. The Balaban J connectivity index is 1.61. The Kier molecular flexibility index (Phi) is 7.21. The van der Waals surface area contributed by atoms with Crippen molar-refractivity contribution in [2.75, 3.05) is 16.6 Å². The van der Waals surface area contributed by atoms with Crippen LogP contribution in [-0.2, 0) is 10.0 Å². The minimum atomic E-state index is -3.79. The number of aryl methyl sites for hydroxylation is 2. The number of ether oxygens (including phenoxy) is 1. The van der Waals surface area contributed by atoms with Gasteiger partial charge in [0.05, 0.1) is 11.5 Å². The molecule has 0 spiro atoms. The molecule has 0 aliphatic heterocycles. The summed E-state index contributed by atoms with van der Waals surface area (Å²) in [6.45, 7) is 5.92. The van der Waals surface area contributed by atoms with Gasteiger partial charge in [-0.1, -0.05) is 0 Å². The molecule has 0 saturated carbocycles. The monoisotopic (exact) mass is 452 g/mol. The lowest BCUT2D eigenvalue weighted by Gasteiger charge is -2.09. The second kappa shape index (κ2) is 10.1. The van der Waals surface area contributed by atoms with E-state index in [4.69, 9.17) is 4.74 Å². The van der Waals surface area contributed by atoms with E-state index in [1.54, 1.807) is 56.3 Å². The van der Waals surface area contributed by atoms with Crippen molar-refractivity contribution < 1.29 is 17.9 Å². The van der Waals surface area contributed by atoms with Crippen LogP contribution in [0.15, 0.2) is 71.8 Å². The van der Waals surface area contributed by atoms with E-state index in [0.717, 1.165) is 0 Å².